The molecular weight excluding hydrogens is 214 g/mol. The van der Waals surface area contributed by atoms with Crippen molar-refractivity contribution < 1.29 is 4.79 Å². The number of primary amides is 1. The van der Waals surface area contributed by atoms with E-state index >= 15 is 0 Å². The van der Waals surface area contributed by atoms with Crippen LogP contribution in [0.4, 0.5) is 5.82 Å². The number of carbonyl (C=O) groups is 1. The van der Waals surface area contributed by atoms with Crippen molar-refractivity contribution in [2.45, 2.75) is 0 Å². The van der Waals surface area contributed by atoms with Gasteiger partial charge in [0.2, 0.25) is 0 Å². The maximum Gasteiger partial charge on any atom is 0.254 e. The third-order valence-corrected chi connectivity index (χ3v) is 2.33. The zero-order valence-electron chi connectivity index (χ0n) is 7.54. The average molecular weight is 221 g/mol. The molecule has 7 heteroatoms. The molecule has 4 N–H and O–H groups in total. The second-order valence-corrected chi connectivity index (χ2v) is 3.45. The van der Waals surface area contributed by atoms with Gasteiger partial charge in [0.1, 0.15) is 11.5 Å². The van der Waals surface area contributed by atoms with E-state index in [9.17, 15) is 4.79 Å². The number of hydrogen-bond acceptors (Lipinski definition) is 6. The summed E-state index contributed by atoms with van der Waals surface area (Å²) in [7, 11) is 0. The highest BCUT2D eigenvalue weighted by Gasteiger charge is 2.10. The molecule has 0 saturated heterocycles. The van der Waals surface area contributed by atoms with E-state index in [2.05, 4.69) is 15.0 Å². The Balaban J connectivity index is 2.47. The summed E-state index contributed by atoms with van der Waals surface area (Å²) >= 11 is 1.43. The smallest absolute Gasteiger partial charge is 0.254 e. The third-order valence-electron chi connectivity index (χ3n) is 1.75. The fourth-order valence-electron chi connectivity index (χ4n) is 1.03. The third kappa shape index (κ3) is 1.77. The van der Waals surface area contributed by atoms with Crippen LogP contribution in [0, 0.1) is 0 Å². The van der Waals surface area contributed by atoms with Crippen molar-refractivity contribution in [2.24, 2.45) is 5.73 Å². The summed E-state index contributed by atoms with van der Waals surface area (Å²) in [5.41, 5.74) is 13.0. The lowest BCUT2D eigenvalue weighted by atomic mass is 10.3. The highest BCUT2D eigenvalue weighted by Crippen LogP contribution is 2.16. The molecule has 0 saturated carbocycles. The first-order valence-corrected chi connectivity index (χ1v) is 4.93. The van der Waals surface area contributed by atoms with E-state index in [0.717, 1.165) is 0 Å². The van der Waals surface area contributed by atoms with E-state index < -0.39 is 5.91 Å². The SMILES string of the molecule is NC(=O)c1cnc(-c2cscn2)nc1N. The molecule has 2 aromatic rings. The van der Waals surface area contributed by atoms with Gasteiger partial charge in [-0.2, -0.15) is 0 Å². The molecule has 76 valence electrons. The Morgan fingerprint density at radius 1 is 1.40 bits per heavy atom. The van der Waals surface area contributed by atoms with Crippen LogP contribution in [-0.4, -0.2) is 20.9 Å². The zero-order chi connectivity index (χ0) is 10.8. The molecule has 0 aliphatic heterocycles. The quantitative estimate of drug-likeness (QED) is 0.757. The highest BCUT2D eigenvalue weighted by atomic mass is 32.1. The second-order valence-electron chi connectivity index (χ2n) is 2.73. The molecule has 2 heterocycles. The molecule has 0 unspecified atom stereocenters. The summed E-state index contributed by atoms with van der Waals surface area (Å²) < 4.78 is 0. The van der Waals surface area contributed by atoms with Gasteiger partial charge in [-0.1, -0.05) is 0 Å². The molecule has 0 radical (unpaired) electrons. The number of aromatic nitrogens is 3. The maximum absolute atomic E-state index is 10.9. The van der Waals surface area contributed by atoms with Crippen LogP contribution in [0.1, 0.15) is 10.4 Å². The minimum Gasteiger partial charge on any atom is -0.383 e. The predicted octanol–water partition coefficient (Wildman–Crippen LogP) is 0.281. The molecule has 0 fully saturated rings. The molecule has 2 rings (SSSR count). The first-order chi connectivity index (χ1) is 7.18. The number of nitrogens with two attached hydrogens (primary N) is 2. The molecule has 0 bridgehead atoms. The Morgan fingerprint density at radius 2 is 2.20 bits per heavy atom. The number of nitrogen functional groups attached to an aromatic ring is 1. The molecular formula is C8H7N5OS. The van der Waals surface area contributed by atoms with Gasteiger partial charge in [-0.3, -0.25) is 4.79 Å². The number of anilines is 1. The molecule has 1 amide bonds. The van der Waals surface area contributed by atoms with Crippen molar-refractivity contribution in [3.8, 4) is 11.5 Å². The van der Waals surface area contributed by atoms with Crippen LogP contribution in [-0.2, 0) is 0 Å². The van der Waals surface area contributed by atoms with Crippen molar-refractivity contribution in [3.63, 3.8) is 0 Å². The Bertz CT molecular complexity index is 496. The van der Waals surface area contributed by atoms with Gasteiger partial charge >= 0.3 is 0 Å². The van der Waals surface area contributed by atoms with Crippen molar-refractivity contribution in [3.05, 3.63) is 22.7 Å². The molecule has 0 aromatic carbocycles. The number of nitrogens with zero attached hydrogens (tertiary/aromatic N) is 3. The normalized spacial score (nSPS) is 10.1. The summed E-state index contributed by atoms with van der Waals surface area (Å²) in [5.74, 6) is -0.184. The number of thiazole rings is 1. The summed E-state index contributed by atoms with van der Waals surface area (Å²) in [6.45, 7) is 0. The standard InChI is InChI=1S/C8H7N5OS/c9-6-4(7(10)14)1-11-8(13-6)5-2-15-3-12-5/h1-3H,(H2,10,14)(H2,9,11,13). The lowest BCUT2D eigenvalue weighted by molar-refractivity contribution is 0.100. The van der Waals surface area contributed by atoms with Gasteiger partial charge in [0.05, 0.1) is 11.1 Å². The first-order valence-electron chi connectivity index (χ1n) is 3.99. The Morgan fingerprint density at radius 3 is 2.73 bits per heavy atom. The lowest BCUT2D eigenvalue weighted by Gasteiger charge is -2.01. The largest absolute Gasteiger partial charge is 0.383 e. The highest BCUT2D eigenvalue weighted by molar-refractivity contribution is 7.07. The summed E-state index contributed by atoms with van der Waals surface area (Å²) in [6.07, 6.45) is 1.30. The zero-order valence-corrected chi connectivity index (χ0v) is 8.36. The van der Waals surface area contributed by atoms with Gasteiger partial charge in [-0.15, -0.1) is 11.3 Å². The molecule has 2 aromatic heterocycles. The molecule has 0 spiro atoms. The van der Waals surface area contributed by atoms with Crippen LogP contribution in [0.15, 0.2) is 17.1 Å². The molecule has 6 nitrogen and oxygen atoms in total. The minimum absolute atomic E-state index is 0.0699. The van der Waals surface area contributed by atoms with Gasteiger partial charge in [0.15, 0.2) is 5.82 Å². The Kier molecular flexibility index (Phi) is 2.30. The molecule has 0 atom stereocenters. The lowest BCUT2D eigenvalue weighted by Crippen LogP contribution is -2.15. The van der Waals surface area contributed by atoms with Crippen LogP contribution in [0.5, 0.6) is 0 Å². The van der Waals surface area contributed by atoms with Gasteiger partial charge < -0.3 is 11.5 Å². The fourth-order valence-corrected chi connectivity index (χ4v) is 1.56. The number of rotatable bonds is 2. The van der Waals surface area contributed by atoms with Crippen molar-refractivity contribution in [2.75, 3.05) is 5.73 Å². The predicted molar refractivity (Wildman–Crippen MR) is 56.1 cm³/mol. The monoisotopic (exact) mass is 221 g/mol. The van der Waals surface area contributed by atoms with Crippen LogP contribution in [0.3, 0.4) is 0 Å². The van der Waals surface area contributed by atoms with E-state index in [4.69, 9.17) is 11.5 Å². The maximum atomic E-state index is 10.9. The minimum atomic E-state index is -0.641. The van der Waals surface area contributed by atoms with Crippen LogP contribution >= 0.6 is 11.3 Å². The van der Waals surface area contributed by atoms with Gasteiger partial charge in [0.25, 0.3) is 5.91 Å². The topological polar surface area (TPSA) is 108 Å². The van der Waals surface area contributed by atoms with E-state index in [1.165, 1.54) is 17.5 Å². The molecule has 0 aliphatic rings. The Labute approximate surface area is 89.0 Å². The van der Waals surface area contributed by atoms with Crippen molar-refractivity contribution >= 4 is 23.1 Å². The van der Waals surface area contributed by atoms with Gasteiger partial charge in [0, 0.05) is 11.6 Å². The molecule has 15 heavy (non-hydrogen) atoms. The van der Waals surface area contributed by atoms with Crippen molar-refractivity contribution in [1.29, 1.82) is 0 Å². The van der Waals surface area contributed by atoms with E-state index in [1.807, 2.05) is 0 Å². The summed E-state index contributed by atoms with van der Waals surface area (Å²) in [6, 6.07) is 0. The van der Waals surface area contributed by atoms with E-state index in [-0.39, 0.29) is 11.4 Å². The fraction of sp³-hybridized carbons (Fsp3) is 0. The average Bonchev–Trinajstić information content (AvgIpc) is 2.69. The Hall–Kier alpha value is -2.02. The van der Waals surface area contributed by atoms with Crippen LogP contribution in [0.2, 0.25) is 0 Å². The van der Waals surface area contributed by atoms with E-state index in [0.29, 0.717) is 11.5 Å². The van der Waals surface area contributed by atoms with Crippen molar-refractivity contribution in [1.82, 2.24) is 15.0 Å². The van der Waals surface area contributed by atoms with E-state index in [1.54, 1.807) is 10.9 Å². The van der Waals surface area contributed by atoms with Crippen LogP contribution in [0.25, 0.3) is 11.5 Å². The molecule has 0 aliphatic carbocycles. The number of carbonyl (C=O) groups excluding carboxylic acids is 1. The van der Waals surface area contributed by atoms with Gasteiger partial charge in [-0.05, 0) is 0 Å². The summed E-state index contributed by atoms with van der Waals surface area (Å²) in [4.78, 5) is 22.8. The summed E-state index contributed by atoms with van der Waals surface area (Å²) in [5, 5.41) is 1.79. The number of amides is 1. The second kappa shape index (κ2) is 3.62. The first kappa shape index (κ1) is 9.53. The number of hydrogen-bond donors (Lipinski definition) is 2. The van der Waals surface area contributed by atoms with Crippen LogP contribution < -0.4 is 11.5 Å². The van der Waals surface area contributed by atoms with Gasteiger partial charge in [-0.25, -0.2) is 15.0 Å².